The molecule has 1 aromatic heterocycles. The van der Waals surface area contributed by atoms with Crippen molar-refractivity contribution in [3.05, 3.63) is 58.6 Å². The molecule has 0 atom stereocenters. The van der Waals surface area contributed by atoms with Gasteiger partial charge in [0.25, 0.3) is 0 Å². The highest BCUT2D eigenvalue weighted by Gasteiger charge is 2.07. The molecule has 3 rings (SSSR count). The molecule has 6 heteroatoms. The number of amides is 1. The van der Waals surface area contributed by atoms with Crippen LogP contribution < -0.4 is 10.1 Å². The predicted molar refractivity (Wildman–Crippen MR) is 99.9 cm³/mol. The van der Waals surface area contributed by atoms with E-state index in [1.54, 1.807) is 24.3 Å². The van der Waals surface area contributed by atoms with Crippen LogP contribution in [-0.2, 0) is 4.79 Å². The van der Waals surface area contributed by atoms with E-state index in [0.717, 1.165) is 15.2 Å². The summed E-state index contributed by atoms with van der Waals surface area (Å²) in [6.07, 6.45) is 3.15. The Kier molecular flexibility index (Phi) is 5.13. The zero-order valence-electron chi connectivity index (χ0n) is 13.0. The summed E-state index contributed by atoms with van der Waals surface area (Å²) in [5.74, 6) is 0.320. The number of ether oxygens (including phenoxy) is 1. The van der Waals surface area contributed by atoms with Crippen molar-refractivity contribution in [3.8, 4) is 5.75 Å². The lowest BCUT2D eigenvalue weighted by Crippen LogP contribution is -2.09. The molecular formula is C18H15ClN2O2S. The molecule has 122 valence electrons. The van der Waals surface area contributed by atoms with Gasteiger partial charge in [-0.2, -0.15) is 0 Å². The molecule has 0 aliphatic heterocycles. The van der Waals surface area contributed by atoms with Crippen LogP contribution in [0.4, 0.5) is 5.69 Å². The predicted octanol–water partition coefficient (Wildman–Crippen LogP) is 5.00. The SMILES string of the molecule is CCOc1ccc(Cl)cc1NC(=O)/C=C/c1nc2ccccc2s1. The van der Waals surface area contributed by atoms with E-state index in [-0.39, 0.29) is 5.91 Å². The van der Waals surface area contributed by atoms with Gasteiger partial charge in [0, 0.05) is 11.1 Å². The topological polar surface area (TPSA) is 51.2 Å². The number of carbonyl (C=O) groups excluding carboxylic acids is 1. The van der Waals surface area contributed by atoms with Crippen LogP contribution in [0.5, 0.6) is 5.75 Å². The van der Waals surface area contributed by atoms with E-state index in [9.17, 15) is 4.79 Å². The first-order valence-corrected chi connectivity index (χ1v) is 8.62. The number of para-hydroxylation sites is 1. The van der Waals surface area contributed by atoms with E-state index in [0.29, 0.717) is 23.1 Å². The third-order valence-corrected chi connectivity index (χ3v) is 4.42. The smallest absolute Gasteiger partial charge is 0.248 e. The summed E-state index contributed by atoms with van der Waals surface area (Å²) in [4.78, 5) is 16.6. The summed E-state index contributed by atoms with van der Waals surface area (Å²) < 4.78 is 6.58. The first-order chi connectivity index (χ1) is 11.7. The van der Waals surface area contributed by atoms with Gasteiger partial charge in [0.15, 0.2) is 0 Å². The lowest BCUT2D eigenvalue weighted by Gasteiger charge is -2.10. The monoisotopic (exact) mass is 358 g/mol. The fraction of sp³-hybridized carbons (Fsp3) is 0.111. The number of nitrogens with zero attached hydrogens (tertiary/aromatic N) is 1. The van der Waals surface area contributed by atoms with Crippen molar-refractivity contribution in [3.63, 3.8) is 0 Å². The normalized spacial score (nSPS) is 11.1. The molecule has 0 radical (unpaired) electrons. The van der Waals surface area contributed by atoms with Gasteiger partial charge in [-0.3, -0.25) is 4.79 Å². The number of hydrogen-bond acceptors (Lipinski definition) is 4. The molecular weight excluding hydrogens is 344 g/mol. The molecule has 1 N–H and O–H groups in total. The van der Waals surface area contributed by atoms with Crippen molar-refractivity contribution in [1.82, 2.24) is 4.98 Å². The highest BCUT2D eigenvalue weighted by molar-refractivity contribution is 7.19. The Balaban J connectivity index is 1.74. The Morgan fingerprint density at radius 3 is 2.96 bits per heavy atom. The number of halogens is 1. The molecule has 0 saturated heterocycles. The number of hydrogen-bond donors (Lipinski definition) is 1. The molecule has 0 spiro atoms. The molecule has 3 aromatic rings. The molecule has 0 saturated carbocycles. The Morgan fingerprint density at radius 1 is 1.33 bits per heavy atom. The molecule has 24 heavy (non-hydrogen) atoms. The van der Waals surface area contributed by atoms with Crippen LogP contribution >= 0.6 is 22.9 Å². The van der Waals surface area contributed by atoms with Crippen molar-refractivity contribution in [2.45, 2.75) is 6.92 Å². The van der Waals surface area contributed by atoms with Gasteiger partial charge in [-0.05, 0) is 43.3 Å². The van der Waals surface area contributed by atoms with Crippen LogP contribution in [0.3, 0.4) is 0 Å². The maximum Gasteiger partial charge on any atom is 0.248 e. The van der Waals surface area contributed by atoms with Crippen LogP contribution in [0.1, 0.15) is 11.9 Å². The number of benzene rings is 2. The second-order valence-electron chi connectivity index (χ2n) is 4.92. The van der Waals surface area contributed by atoms with Gasteiger partial charge in [0.2, 0.25) is 5.91 Å². The average Bonchev–Trinajstić information content (AvgIpc) is 2.98. The van der Waals surface area contributed by atoms with E-state index in [4.69, 9.17) is 16.3 Å². The average molecular weight is 359 g/mol. The summed E-state index contributed by atoms with van der Waals surface area (Å²) in [7, 11) is 0. The minimum Gasteiger partial charge on any atom is -0.492 e. The van der Waals surface area contributed by atoms with Gasteiger partial charge in [-0.15, -0.1) is 11.3 Å². The van der Waals surface area contributed by atoms with Gasteiger partial charge in [0.05, 0.1) is 22.5 Å². The third-order valence-electron chi connectivity index (χ3n) is 3.19. The van der Waals surface area contributed by atoms with Crippen LogP contribution in [0, 0.1) is 0 Å². The van der Waals surface area contributed by atoms with Crippen LogP contribution in [-0.4, -0.2) is 17.5 Å². The van der Waals surface area contributed by atoms with Crippen molar-refractivity contribution in [1.29, 1.82) is 0 Å². The summed E-state index contributed by atoms with van der Waals surface area (Å²) in [6.45, 7) is 2.39. The highest BCUT2D eigenvalue weighted by Crippen LogP contribution is 2.28. The number of carbonyl (C=O) groups is 1. The van der Waals surface area contributed by atoms with Gasteiger partial charge in [-0.1, -0.05) is 23.7 Å². The Hall–Kier alpha value is -2.37. The Morgan fingerprint density at radius 2 is 2.17 bits per heavy atom. The second-order valence-corrected chi connectivity index (χ2v) is 6.41. The van der Waals surface area contributed by atoms with Gasteiger partial charge >= 0.3 is 0 Å². The quantitative estimate of drug-likeness (QED) is 0.653. The molecule has 1 amide bonds. The molecule has 0 aliphatic carbocycles. The summed E-state index contributed by atoms with van der Waals surface area (Å²) in [5.41, 5.74) is 1.47. The molecule has 1 heterocycles. The van der Waals surface area contributed by atoms with E-state index >= 15 is 0 Å². The van der Waals surface area contributed by atoms with Crippen molar-refractivity contribution in [2.75, 3.05) is 11.9 Å². The minimum absolute atomic E-state index is 0.266. The van der Waals surface area contributed by atoms with Crippen LogP contribution in [0.15, 0.2) is 48.5 Å². The number of anilines is 1. The van der Waals surface area contributed by atoms with Crippen molar-refractivity contribution < 1.29 is 9.53 Å². The number of nitrogens with one attached hydrogen (secondary N) is 1. The second kappa shape index (κ2) is 7.47. The van der Waals surface area contributed by atoms with Crippen LogP contribution in [0.25, 0.3) is 16.3 Å². The Labute approximate surface area is 148 Å². The van der Waals surface area contributed by atoms with Crippen LogP contribution in [0.2, 0.25) is 5.02 Å². The first kappa shape index (κ1) is 16.5. The molecule has 0 unspecified atom stereocenters. The molecule has 0 fully saturated rings. The lowest BCUT2D eigenvalue weighted by atomic mass is 10.3. The van der Waals surface area contributed by atoms with E-state index < -0.39 is 0 Å². The maximum atomic E-state index is 12.1. The van der Waals surface area contributed by atoms with E-state index in [1.807, 2.05) is 31.2 Å². The van der Waals surface area contributed by atoms with Gasteiger partial charge in [-0.25, -0.2) is 4.98 Å². The van der Waals surface area contributed by atoms with E-state index in [2.05, 4.69) is 10.3 Å². The number of fused-ring (bicyclic) bond motifs is 1. The molecule has 4 nitrogen and oxygen atoms in total. The fourth-order valence-corrected chi connectivity index (χ4v) is 3.21. The van der Waals surface area contributed by atoms with Crippen molar-refractivity contribution in [2.24, 2.45) is 0 Å². The largest absolute Gasteiger partial charge is 0.492 e. The zero-order valence-corrected chi connectivity index (χ0v) is 14.5. The number of rotatable bonds is 5. The molecule has 0 bridgehead atoms. The Bertz CT molecular complexity index is 872. The number of thiazole rings is 1. The zero-order chi connectivity index (χ0) is 16.9. The first-order valence-electron chi connectivity index (χ1n) is 7.42. The van der Waals surface area contributed by atoms with Gasteiger partial charge in [0.1, 0.15) is 10.8 Å². The molecule has 0 aliphatic rings. The highest BCUT2D eigenvalue weighted by atomic mass is 35.5. The summed E-state index contributed by atoms with van der Waals surface area (Å²) >= 11 is 7.52. The summed E-state index contributed by atoms with van der Waals surface area (Å²) in [6, 6.07) is 13.0. The fourth-order valence-electron chi connectivity index (χ4n) is 2.16. The standard InChI is InChI=1S/C18H15ClN2O2S/c1-2-23-15-8-7-12(19)11-14(15)20-17(22)9-10-18-21-13-5-3-4-6-16(13)24-18/h3-11H,2H2,1H3,(H,20,22)/b10-9+. The van der Waals surface area contributed by atoms with E-state index in [1.165, 1.54) is 17.4 Å². The summed E-state index contributed by atoms with van der Waals surface area (Å²) in [5, 5.41) is 4.09. The third kappa shape index (κ3) is 3.93. The lowest BCUT2D eigenvalue weighted by molar-refractivity contribution is -0.111. The minimum atomic E-state index is -0.266. The van der Waals surface area contributed by atoms with Crippen molar-refractivity contribution >= 4 is 50.8 Å². The molecule has 2 aromatic carbocycles. The maximum absolute atomic E-state index is 12.1. The number of aromatic nitrogens is 1. The van der Waals surface area contributed by atoms with Gasteiger partial charge < -0.3 is 10.1 Å².